The minimum Gasteiger partial charge on any atom is -0.504 e. The molecule has 46 heavy (non-hydrogen) atoms. The van der Waals surface area contributed by atoms with E-state index in [1.807, 2.05) is 6.92 Å². The average molecular weight is 637 g/mol. The predicted octanol–water partition coefficient (Wildman–Crippen LogP) is 6.82. The van der Waals surface area contributed by atoms with Gasteiger partial charge in [-0.3, -0.25) is 0 Å². The first kappa shape index (κ1) is 33.5. The van der Waals surface area contributed by atoms with Crippen molar-refractivity contribution in [1.29, 1.82) is 0 Å². The highest BCUT2D eigenvalue weighted by molar-refractivity contribution is 5.87. The van der Waals surface area contributed by atoms with Gasteiger partial charge in [-0.15, -0.1) is 0 Å². The molecule has 1 spiro atoms. The average Bonchev–Trinajstić information content (AvgIpc) is 3.32. The Morgan fingerprint density at radius 1 is 0.978 bits per heavy atom. The third-order valence-corrected chi connectivity index (χ3v) is 14.5. The monoisotopic (exact) mass is 636 g/mol. The fourth-order valence-corrected chi connectivity index (χ4v) is 11.9. The van der Waals surface area contributed by atoms with Gasteiger partial charge < -0.3 is 29.9 Å². The molecular weight excluding hydrogens is 580 g/mol. The Bertz CT molecular complexity index is 1430. The van der Waals surface area contributed by atoms with Crippen molar-refractivity contribution in [3.05, 3.63) is 41.5 Å². The molecule has 0 bridgehead atoms. The van der Waals surface area contributed by atoms with E-state index in [0.29, 0.717) is 17.7 Å². The number of methoxy groups -OCH3 is 1. The third kappa shape index (κ3) is 4.89. The quantitative estimate of drug-likeness (QED) is 0.159. The fraction of sp³-hybridized carbons (Fsp3) is 0.718. The van der Waals surface area contributed by atoms with Crippen LogP contribution in [0.25, 0.3) is 6.08 Å². The van der Waals surface area contributed by atoms with E-state index in [0.717, 1.165) is 44.9 Å². The summed E-state index contributed by atoms with van der Waals surface area (Å²) in [5.74, 6) is 0.112. The zero-order valence-electron chi connectivity index (χ0n) is 28.9. The molecule has 4 N–H and O–H groups in total. The number of aliphatic hydroxyl groups is 3. The summed E-state index contributed by atoms with van der Waals surface area (Å²) >= 11 is 0. The van der Waals surface area contributed by atoms with E-state index in [4.69, 9.17) is 9.47 Å². The number of fused-ring (bicyclic) bond motifs is 5. The number of benzene rings is 1. The maximum absolute atomic E-state index is 12.9. The number of hydrogen-bond acceptors (Lipinski definition) is 7. The fourth-order valence-electron chi connectivity index (χ4n) is 11.9. The van der Waals surface area contributed by atoms with Gasteiger partial charge in [0.2, 0.25) is 0 Å². The van der Waals surface area contributed by atoms with Gasteiger partial charge in [0.1, 0.15) is 0 Å². The van der Waals surface area contributed by atoms with Crippen molar-refractivity contribution in [3.63, 3.8) is 0 Å². The summed E-state index contributed by atoms with van der Waals surface area (Å²) in [4.78, 5) is 12.9. The molecule has 0 radical (unpaired) electrons. The van der Waals surface area contributed by atoms with Crippen molar-refractivity contribution in [1.82, 2.24) is 0 Å². The number of carbonyl (C=O) groups is 1. The molecule has 10 atom stereocenters. The molecule has 4 fully saturated rings. The van der Waals surface area contributed by atoms with Gasteiger partial charge in [-0.05, 0) is 121 Å². The topological polar surface area (TPSA) is 116 Å². The summed E-state index contributed by atoms with van der Waals surface area (Å²) in [6.07, 6.45) is 11.6. The van der Waals surface area contributed by atoms with Crippen molar-refractivity contribution >= 4 is 12.0 Å². The molecule has 0 amide bonds. The summed E-state index contributed by atoms with van der Waals surface area (Å²) < 4.78 is 11.0. The number of aromatic hydroxyl groups is 1. The Morgan fingerprint density at radius 2 is 1.70 bits per heavy atom. The lowest BCUT2D eigenvalue weighted by molar-refractivity contribution is -0.245. The first-order valence-electron chi connectivity index (χ1n) is 17.4. The minimum atomic E-state index is -1.01. The molecule has 6 rings (SSSR count). The molecule has 5 aliphatic rings. The Balaban J connectivity index is 1.24. The smallest absolute Gasteiger partial charge is 0.330 e. The van der Waals surface area contributed by atoms with Crippen LogP contribution in [0, 0.1) is 44.3 Å². The van der Waals surface area contributed by atoms with Crippen molar-refractivity contribution in [2.75, 3.05) is 13.7 Å². The van der Waals surface area contributed by atoms with Crippen molar-refractivity contribution in [2.45, 2.75) is 118 Å². The summed E-state index contributed by atoms with van der Waals surface area (Å²) in [6.45, 7) is 13.8. The minimum absolute atomic E-state index is 0.00632. The summed E-state index contributed by atoms with van der Waals surface area (Å²) in [7, 11) is 1.47. The standard InChI is InChI=1S/C39H56O7/c1-34(2)16-18-39(22-34)19-17-37(5)25(32(39)43)10-12-30-35(3)21-27(41)33(44)36(4,29(35)14-15-38(30,37)6)23-46-31(42)13-9-24-8-11-26(40)28(20-24)45-7/h8-11,13,20,27,29-30,32-33,40-41,43-44H,12,14-19,21-23H2,1-7H3/b13-9-/t27-,29-,30-,32-,33+,35+,36+,37-,38-,39-/m1/s1. The number of carbonyl (C=O) groups excluding carboxylic acids is 1. The molecule has 4 saturated carbocycles. The number of rotatable bonds is 5. The summed E-state index contributed by atoms with van der Waals surface area (Å²) in [5.41, 5.74) is 0.877. The van der Waals surface area contributed by atoms with Crippen LogP contribution in [-0.4, -0.2) is 58.4 Å². The molecule has 254 valence electrons. The van der Waals surface area contributed by atoms with Crippen molar-refractivity contribution < 1.29 is 34.7 Å². The van der Waals surface area contributed by atoms with Crippen molar-refractivity contribution in [3.8, 4) is 11.5 Å². The van der Waals surface area contributed by atoms with E-state index in [2.05, 4.69) is 40.7 Å². The molecule has 0 aromatic heterocycles. The van der Waals surface area contributed by atoms with Gasteiger partial charge in [0.15, 0.2) is 11.5 Å². The highest BCUT2D eigenvalue weighted by Gasteiger charge is 2.70. The van der Waals surface area contributed by atoms with Crippen LogP contribution in [0.2, 0.25) is 0 Å². The number of esters is 1. The van der Waals surface area contributed by atoms with Crippen LogP contribution in [0.1, 0.15) is 105 Å². The van der Waals surface area contributed by atoms with E-state index < -0.39 is 29.7 Å². The van der Waals surface area contributed by atoms with E-state index in [1.165, 1.54) is 31.2 Å². The van der Waals surface area contributed by atoms with Crippen LogP contribution in [-0.2, 0) is 9.53 Å². The van der Waals surface area contributed by atoms with Gasteiger partial charge in [-0.25, -0.2) is 4.79 Å². The number of phenolic OH excluding ortho intramolecular Hbond substituents is 1. The van der Waals surface area contributed by atoms with Gasteiger partial charge in [0.25, 0.3) is 0 Å². The van der Waals surface area contributed by atoms with Gasteiger partial charge >= 0.3 is 5.97 Å². The molecule has 0 saturated heterocycles. The largest absolute Gasteiger partial charge is 0.504 e. The Morgan fingerprint density at radius 3 is 2.37 bits per heavy atom. The molecule has 1 aromatic rings. The van der Waals surface area contributed by atoms with E-state index in [-0.39, 0.29) is 51.3 Å². The number of phenols is 1. The van der Waals surface area contributed by atoms with Crippen LogP contribution in [0.4, 0.5) is 0 Å². The lowest BCUT2D eigenvalue weighted by Crippen LogP contribution is -2.68. The first-order valence-corrected chi connectivity index (χ1v) is 17.4. The van der Waals surface area contributed by atoms with Gasteiger partial charge in [-0.2, -0.15) is 0 Å². The van der Waals surface area contributed by atoms with Gasteiger partial charge in [0.05, 0.1) is 32.0 Å². The summed E-state index contributed by atoms with van der Waals surface area (Å²) in [5, 5.41) is 44.9. The lowest BCUT2D eigenvalue weighted by atomic mass is 9.34. The summed E-state index contributed by atoms with van der Waals surface area (Å²) in [6, 6.07) is 4.82. The molecule has 0 heterocycles. The second-order valence-electron chi connectivity index (χ2n) is 17.5. The Hall–Kier alpha value is -2.35. The molecule has 5 aliphatic carbocycles. The highest BCUT2D eigenvalue weighted by atomic mass is 16.5. The zero-order valence-corrected chi connectivity index (χ0v) is 28.9. The molecular formula is C39H56O7. The van der Waals surface area contributed by atoms with E-state index in [1.54, 1.807) is 18.2 Å². The second-order valence-corrected chi connectivity index (χ2v) is 17.5. The number of ether oxygens (including phenoxy) is 2. The Kier molecular flexibility index (Phi) is 8.09. The van der Waals surface area contributed by atoms with E-state index in [9.17, 15) is 25.2 Å². The van der Waals surface area contributed by atoms with Crippen LogP contribution >= 0.6 is 0 Å². The van der Waals surface area contributed by atoms with Gasteiger partial charge in [0, 0.05) is 16.9 Å². The van der Waals surface area contributed by atoms with Crippen LogP contribution in [0.5, 0.6) is 11.5 Å². The Labute approximate surface area is 275 Å². The highest BCUT2D eigenvalue weighted by Crippen LogP contribution is 2.74. The normalized spacial score (nSPS) is 44.7. The second kappa shape index (κ2) is 11.1. The van der Waals surface area contributed by atoms with Crippen LogP contribution in [0.3, 0.4) is 0 Å². The van der Waals surface area contributed by atoms with Crippen LogP contribution in [0.15, 0.2) is 35.9 Å². The molecule has 7 nitrogen and oxygen atoms in total. The first-order chi connectivity index (χ1) is 21.4. The maximum atomic E-state index is 12.9. The maximum Gasteiger partial charge on any atom is 0.330 e. The molecule has 0 aliphatic heterocycles. The van der Waals surface area contributed by atoms with Crippen LogP contribution < -0.4 is 4.74 Å². The van der Waals surface area contributed by atoms with Gasteiger partial charge in [-0.1, -0.05) is 53.7 Å². The molecule has 7 heteroatoms. The van der Waals surface area contributed by atoms with E-state index >= 15 is 0 Å². The van der Waals surface area contributed by atoms with Crippen molar-refractivity contribution in [2.24, 2.45) is 44.3 Å². The third-order valence-electron chi connectivity index (χ3n) is 14.5. The predicted molar refractivity (Wildman–Crippen MR) is 178 cm³/mol. The lowest BCUT2D eigenvalue weighted by Gasteiger charge is -2.70. The molecule has 0 unspecified atom stereocenters. The molecule has 1 aromatic carbocycles. The number of allylic oxidation sites excluding steroid dienone is 1. The SMILES string of the molecule is COc1cc(/C=C\C(=O)OC[C@@]2(C)[C@@H]3CC[C@]4(C)[C@H](CC=C5[C@@H](O)[C@]6(CCC(C)(C)C6)CC[C@]54C)[C@@]3(C)C[C@@H](O)[C@@H]2O)ccc1O. The zero-order chi connectivity index (χ0) is 33.5. The number of aliphatic hydroxyl groups excluding tert-OH is 3. The number of hydrogen-bond donors (Lipinski definition) is 4.